The quantitative estimate of drug-likeness (QED) is 0.383. The maximum atomic E-state index is 10.4. The Morgan fingerprint density at radius 2 is 1.36 bits per heavy atom. The zero-order valence-corrected chi connectivity index (χ0v) is 14.0. The van der Waals surface area contributed by atoms with Crippen molar-refractivity contribution in [2.24, 2.45) is 0 Å². The van der Waals surface area contributed by atoms with Crippen LogP contribution in [0.2, 0.25) is 0 Å². The molecule has 2 fully saturated rings. The first kappa shape index (κ1) is 17.7. The average Bonchev–Trinajstić information content (AvgIpc) is 3.38. The van der Waals surface area contributed by atoms with Gasteiger partial charge in [-0.3, -0.25) is 4.79 Å². The molecule has 2 heterocycles. The van der Waals surface area contributed by atoms with Crippen LogP contribution in [0.25, 0.3) is 0 Å². The molecule has 22 heavy (non-hydrogen) atoms. The summed E-state index contributed by atoms with van der Waals surface area (Å²) in [5.74, 6) is -0.676. The van der Waals surface area contributed by atoms with Crippen molar-refractivity contribution in [3.05, 3.63) is 0 Å². The minimum atomic E-state index is -0.676. The van der Waals surface area contributed by atoms with Gasteiger partial charge in [0.05, 0.1) is 24.4 Å². The fourth-order valence-corrected chi connectivity index (χ4v) is 3.26. The predicted molar refractivity (Wildman–Crippen MR) is 86.0 cm³/mol. The van der Waals surface area contributed by atoms with E-state index in [1.165, 1.54) is 38.5 Å². The number of hydrogen-bond donors (Lipinski definition) is 1. The van der Waals surface area contributed by atoms with Crippen LogP contribution in [0.1, 0.15) is 84.0 Å². The normalized spacial score (nSPS) is 29.5. The van der Waals surface area contributed by atoms with Crippen molar-refractivity contribution in [1.29, 1.82) is 0 Å². The van der Waals surface area contributed by atoms with Crippen molar-refractivity contribution in [1.82, 2.24) is 0 Å². The van der Waals surface area contributed by atoms with Gasteiger partial charge in [-0.25, -0.2) is 0 Å². The van der Waals surface area contributed by atoms with Gasteiger partial charge in [0.15, 0.2) is 0 Å². The zero-order valence-electron chi connectivity index (χ0n) is 14.0. The summed E-state index contributed by atoms with van der Waals surface area (Å²) < 4.78 is 11.5. The van der Waals surface area contributed by atoms with Gasteiger partial charge >= 0.3 is 5.97 Å². The van der Waals surface area contributed by atoms with Crippen LogP contribution in [-0.2, 0) is 14.3 Å². The fourth-order valence-electron chi connectivity index (χ4n) is 3.26. The van der Waals surface area contributed by atoms with E-state index < -0.39 is 5.97 Å². The SMILES string of the molecule is CCCCC[C@H]1O[C@@H]1C[C@H]1O[C@H]1CCCCCCCC(=O)O. The van der Waals surface area contributed by atoms with E-state index in [4.69, 9.17) is 14.6 Å². The second-order valence-corrected chi connectivity index (χ2v) is 6.86. The summed E-state index contributed by atoms with van der Waals surface area (Å²) in [6, 6.07) is 0. The van der Waals surface area contributed by atoms with Crippen LogP contribution < -0.4 is 0 Å². The standard InChI is InChI=1S/C18H32O4/c1-2-3-7-10-14-16(21-14)13-17-15(22-17)11-8-5-4-6-9-12-18(19)20/h14-17H,2-13H2,1H3,(H,19,20)/t14-,15+,16-,17-/m1/s1. The van der Waals surface area contributed by atoms with Gasteiger partial charge in [-0.1, -0.05) is 51.9 Å². The third-order valence-corrected chi connectivity index (χ3v) is 4.81. The Morgan fingerprint density at radius 1 is 0.818 bits per heavy atom. The summed E-state index contributed by atoms with van der Waals surface area (Å²) in [5, 5.41) is 8.56. The molecular weight excluding hydrogens is 280 g/mol. The molecule has 4 heteroatoms. The van der Waals surface area contributed by atoms with E-state index in [9.17, 15) is 4.79 Å². The first-order chi connectivity index (χ1) is 10.7. The predicted octanol–water partition coefficient (Wildman–Crippen LogP) is 4.31. The Bertz CT molecular complexity index is 331. The van der Waals surface area contributed by atoms with E-state index in [0.717, 1.165) is 32.1 Å². The number of carboxylic acid groups (broad SMARTS) is 1. The lowest BCUT2D eigenvalue weighted by molar-refractivity contribution is -0.137. The Hall–Kier alpha value is -0.610. The van der Waals surface area contributed by atoms with E-state index in [1.54, 1.807) is 0 Å². The molecule has 0 aliphatic carbocycles. The Kier molecular flexibility index (Phi) is 7.67. The number of epoxide rings is 2. The van der Waals surface area contributed by atoms with Gasteiger partial charge in [-0.2, -0.15) is 0 Å². The highest BCUT2D eigenvalue weighted by Gasteiger charge is 2.47. The molecule has 0 amide bonds. The number of carbonyl (C=O) groups is 1. The van der Waals surface area contributed by atoms with Crippen LogP contribution in [0.5, 0.6) is 0 Å². The second kappa shape index (κ2) is 9.51. The van der Waals surface area contributed by atoms with Crippen LogP contribution in [-0.4, -0.2) is 35.5 Å². The minimum absolute atomic E-state index is 0.314. The molecule has 1 N–H and O–H groups in total. The summed E-state index contributed by atoms with van der Waals surface area (Å²) >= 11 is 0. The fraction of sp³-hybridized carbons (Fsp3) is 0.944. The number of ether oxygens (including phenoxy) is 2. The molecule has 0 aromatic rings. The average molecular weight is 312 g/mol. The number of carboxylic acids is 1. The molecule has 0 unspecified atom stereocenters. The topological polar surface area (TPSA) is 62.4 Å². The summed E-state index contributed by atoms with van der Waals surface area (Å²) in [6.45, 7) is 2.24. The van der Waals surface area contributed by atoms with Crippen LogP contribution in [0, 0.1) is 0 Å². The van der Waals surface area contributed by atoms with Crippen LogP contribution >= 0.6 is 0 Å². The van der Waals surface area contributed by atoms with Gasteiger partial charge in [-0.15, -0.1) is 0 Å². The van der Waals surface area contributed by atoms with Gasteiger partial charge in [0.25, 0.3) is 0 Å². The maximum Gasteiger partial charge on any atom is 0.303 e. The number of aliphatic carboxylic acids is 1. The van der Waals surface area contributed by atoms with Crippen molar-refractivity contribution in [2.45, 2.75) is 108 Å². The largest absolute Gasteiger partial charge is 0.481 e. The molecular formula is C18H32O4. The molecule has 0 saturated carbocycles. The highest BCUT2D eigenvalue weighted by molar-refractivity contribution is 5.66. The van der Waals surface area contributed by atoms with Gasteiger partial charge < -0.3 is 14.6 Å². The highest BCUT2D eigenvalue weighted by Crippen LogP contribution is 2.39. The van der Waals surface area contributed by atoms with Gasteiger partial charge in [0.2, 0.25) is 0 Å². The van der Waals surface area contributed by atoms with E-state index in [0.29, 0.717) is 30.8 Å². The molecule has 0 spiro atoms. The molecule has 0 radical (unpaired) electrons. The van der Waals surface area contributed by atoms with Crippen molar-refractivity contribution in [3.8, 4) is 0 Å². The van der Waals surface area contributed by atoms with Gasteiger partial charge in [0.1, 0.15) is 0 Å². The molecule has 2 aliphatic heterocycles. The lowest BCUT2D eigenvalue weighted by Gasteiger charge is -1.99. The Morgan fingerprint density at radius 3 is 1.95 bits per heavy atom. The molecule has 0 bridgehead atoms. The van der Waals surface area contributed by atoms with Gasteiger partial charge in [-0.05, 0) is 19.3 Å². The highest BCUT2D eigenvalue weighted by atomic mass is 16.6. The third-order valence-electron chi connectivity index (χ3n) is 4.81. The smallest absolute Gasteiger partial charge is 0.303 e. The molecule has 2 rings (SSSR count). The van der Waals surface area contributed by atoms with Crippen LogP contribution in [0.15, 0.2) is 0 Å². The number of unbranched alkanes of at least 4 members (excludes halogenated alkanes) is 6. The molecule has 4 atom stereocenters. The van der Waals surface area contributed by atoms with Crippen molar-refractivity contribution < 1.29 is 19.4 Å². The molecule has 4 nitrogen and oxygen atoms in total. The second-order valence-electron chi connectivity index (χ2n) is 6.86. The van der Waals surface area contributed by atoms with Crippen LogP contribution in [0.3, 0.4) is 0 Å². The summed E-state index contributed by atoms with van der Waals surface area (Å²) in [5.41, 5.74) is 0. The number of rotatable bonds is 14. The molecule has 2 saturated heterocycles. The third kappa shape index (κ3) is 7.10. The Balaban J connectivity index is 1.36. The van der Waals surface area contributed by atoms with E-state index >= 15 is 0 Å². The van der Waals surface area contributed by atoms with Crippen molar-refractivity contribution in [3.63, 3.8) is 0 Å². The first-order valence-corrected chi connectivity index (χ1v) is 9.23. The van der Waals surface area contributed by atoms with E-state index in [-0.39, 0.29) is 0 Å². The molecule has 2 aliphatic rings. The molecule has 0 aromatic carbocycles. The summed E-state index contributed by atoms with van der Waals surface area (Å²) in [4.78, 5) is 10.4. The lowest BCUT2D eigenvalue weighted by atomic mass is 10.0. The summed E-state index contributed by atoms with van der Waals surface area (Å²) in [7, 11) is 0. The minimum Gasteiger partial charge on any atom is -0.481 e. The Labute approximate surface area is 134 Å². The van der Waals surface area contributed by atoms with E-state index in [1.807, 2.05) is 0 Å². The van der Waals surface area contributed by atoms with Crippen LogP contribution in [0.4, 0.5) is 0 Å². The lowest BCUT2D eigenvalue weighted by Crippen LogP contribution is -2.02. The van der Waals surface area contributed by atoms with E-state index in [2.05, 4.69) is 6.92 Å². The van der Waals surface area contributed by atoms with Crippen molar-refractivity contribution >= 4 is 5.97 Å². The zero-order chi connectivity index (χ0) is 15.8. The molecule has 128 valence electrons. The molecule has 0 aromatic heterocycles. The van der Waals surface area contributed by atoms with Gasteiger partial charge in [0, 0.05) is 12.8 Å². The maximum absolute atomic E-state index is 10.4. The summed E-state index contributed by atoms with van der Waals surface area (Å²) in [6.07, 6.45) is 15.0. The first-order valence-electron chi connectivity index (χ1n) is 9.23. The monoisotopic (exact) mass is 312 g/mol. The van der Waals surface area contributed by atoms with Crippen molar-refractivity contribution in [2.75, 3.05) is 0 Å². The number of hydrogen-bond acceptors (Lipinski definition) is 3.